The van der Waals surface area contributed by atoms with E-state index in [9.17, 15) is 30.6 Å². The van der Waals surface area contributed by atoms with Gasteiger partial charge in [0, 0.05) is 5.56 Å². The molecule has 0 saturated carbocycles. The SMILES string of the molecule is N#Cc1n[nH]c(-c2c(Cl)cc(C(F)(F)F)c(N)c2Cl)c1S(=O)C(F)(F)F. The number of nitrogens with two attached hydrogens (primary N) is 1. The Kier molecular flexibility index (Phi) is 5.19. The molecule has 5 nitrogen and oxygen atoms in total. The maximum Gasteiger partial charge on any atom is 0.476 e. The van der Waals surface area contributed by atoms with Gasteiger partial charge in [-0.3, -0.25) is 5.10 Å². The van der Waals surface area contributed by atoms with E-state index in [2.05, 4.69) is 5.10 Å². The molecule has 2 aromatic rings. The fourth-order valence-corrected chi connectivity index (χ4v) is 3.45. The van der Waals surface area contributed by atoms with Crippen LogP contribution >= 0.6 is 23.2 Å². The van der Waals surface area contributed by atoms with Gasteiger partial charge in [-0.2, -0.15) is 36.7 Å². The first kappa shape index (κ1) is 20.3. The number of rotatable bonds is 2. The molecule has 1 aromatic carbocycles. The number of halogens is 8. The highest BCUT2D eigenvalue weighted by molar-refractivity contribution is 7.86. The topological polar surface area (TPSA) is 95.6 Å². The number of nitriles is 1. The van der Waals surface area contributed by atoms with Crippen LogP contribution in [0, 0.1) is 11.3 Å². The summed E-state index contributed by atoms with van der Waals surface area (Å²) in [6, 6.07) is 1.65. The third-order valence-corrected chi connectivity index (χ3v) is 4.91. The van der Waals surface area contributed by atoms with Crippen LogP contribution in [0.1, 0.15) is 11.3 Å². The number of anilines is 1. The fraction of sp³-hybridized carbons (Fsp3) is 0.167. The van der Waals surface area contributed by atoms with Crippen LogP contribution in [0.2, 0.25) is 10.0 Å². The minimum absolute atomic E-state index is 0.352. The highest BCUT2D eigenvalue weighted by Crippen LogP contribution is 2.47. The van der Waals surface area contributed by atoms with Crippen molar-refractivity contribution in [1.29, 1.82) is 5.26 Å². The van der Waals surface area contributed by atoms with Crippen molar-refractivity contribution in [2.45, 2.75) is 16.6 Å². The van der Waals surface area contributed by atoms with Crippen molar-refractivity contribution in [1.82, 2.24) is 10.2 Å². The Bertz CT molecular complexity index is 947. The van der Waals surface area contributed by atoms with Gasteiger partial charge in [0.05, 0.1) is 27.0 Å². The number of nitrogens with one attached hydrogen (secondary N) is 1. The van der Waals surface area contributed by atoms with Crippen molar-refractivity contribution in [2.24, 2.45) is 0 Å². The lowest BCUT2D eigenvalue weighted by atomic mass is 10.1. The van der Waals surface area contributed by atoms with Crippen molar-refractivity contribution in [2.75, 3.05) is 5.73 Å². The number of nitrogen functional groups attached to an aromatic ring is 1. The van der Waals surface area contributed by atoms with E-state index in [1.54, 1.807) is 0 Å². The largest absolute Gasteiger partial charge is 0.476 e. The van der Waals surface area contributed by atoms with Crippen molar-refractivity contribution >= 4 is 39.7 Å². The quantitative estimate of drug-likeness (QED) is 0.535. The van der Waals surface area contributed by atoms with E-state index in [0.717, 1.165) is 0 Å². The minimum atomic E-state index is -5.28. The molecule has 2 rings (SSSR count). The highest BCUT2D eigenvalue weighted by Gasteiger charge is 2.43. The van der Waals surface area contributed by atoms with Gasteiger partial charge in [0.25, 0.3) is 0 Å². The molecule has 3 N–H and O–H groups in total. The Hall–Kier alpha value is -1.97. The molecule has 0 saturated heterocycles. The predicted molar refractivity (Wildman–Crippen MR) is 80.6 cm³/mol. The summed E-state index contributed by atoms with van der Waals surface area (Å²) in [6.07, 6.45) is -4.93. The Labute approximate surface area is 153 Å². The first-order chi connectivity index (χ1) is 11.8. The Morgan fingerprint density at radius 2 is 1.81 bits per heavy atom. The molecule has 0 amide bonds. The summed E-state index contributed by atoms with van der Waals surface area (Å²) in [6.45, 7) is 0. The lowest BCUT2D eigenvalue weighted by Crippen LogP contribution is -2.17. The summed E-state index contributed by atoms with van der Waals surface area (Å²) in [5, 5.41) is 12.6. The monoisotopic (exact) mass is 436 g/mol. The first-order valence-electron chi connectivity index (χ1n) is 6.12. The Balaban J connectivity index is 2.84. The van der Waals surface area contributed by atoms with E-state index in [1.807, 2.05) is 5.10 Å². The van der Waals surface area contributed by atoms with Gasteiger partial charge in [-0.25, -0.2) is 4.21 Å². The summed E-state index contributed by atoms with van der Waals surface area (Å²) < 4.78 is 88.9. The molecule has 1 heterocycles. The summed E-state index contributed by atoms with van der Waals surface area (Å²) in [7, 11) is -3.74. The predicted octanol–water partition coefficient (Wildman–Crippen LogP) is 4.48. The third kappa shape index (κ3) is 3.46. The molecule has 0 aliphatic rings. The molecule has 26 heavy (non-hydrogen) atoms. The lowest BCUT2D eigenvalue weighted by Gasteiger charge is -2.16. The smallest absolute Gasteiger partial charge is 0.397 e. The number of nitrogens with zero attached hydrogens (tertiary/aromatic N) is 2. The van der Waals surface area contributed by atoms with E-state index in [1.165, 1.54) is 6.07 Å². The fourth-order valence-electron chi connectivity index (χ4n) is 1.97. The van der Waals surface area contributed by atoms with Crippen LogP contribution < -0.4 is 5.73 Å². The highest BCUT2D eigenvalue weighted by atomic mass is 35.5. The van der Waals surface area contributed by atoms with Crippen LogP contribution in [0.15, 0.2) is 11.0 Å². The number of aromatic amines is 1. The molecule has 14 heteroatoms. The van der Waals surface area contributed by atoms with Crippen molar-refractivity contribution in [3.05, 3.63) is 27.4 Å². The van der Waals surface area contributed by atoms with Gasteiger partial charge in [-0.1, -0.05) is 23.2 Å². The lowest BCUT2D eigenvalue weighted by molar-refractivity contribution is -0.136. The van der Waals surface area contributed by atoms with E-state index >= 15 is 0 Å². The third-order valence-electron chi connectivity index (χ3n) is 3.03. The number of H-pyrrole nitrogens is 1. The second-order valence-corrected chi connectivity index (χ2v) is 6.80. The maximum absolute atomic E-state index is 12.9. The van der Waals surface area contributed by atoms with Gasteiger partial charge in [0.15, 0.2) is 16.5 Å². The maximum atomic E-state index is 12.9. The molecular weight excluding hydrogens is 433 g/mol. The van der Waals surface area contributed by atoms with Crippen molar-refractivity contribution in [3.63, 3.8) is 0 Å². The zero-order valence-corrected chi connectivity index (χ0v) is 14.2. The van der Waals surface area contributed by atoms with Crippen LogP contribution in [-0.2, 0) is 17.0 Å². The molecule has 1 unspecified atom stereocenters. The Morgan fingerprint density at radius 3 is 2.27 bits per heavy atom. The summed E-state index contributed by atoms with van der Waals surface area (Å²) in [5.74, 6) is 0. The van der Waals surface area contributed by atoms with Crippen molar-refractivity contribution in [3.8, 4) is 17.3 Å². The zero-order valence-electron chi connectivity index (χ0n) is 11.9. The van der Waals surface area contributed by atoms with Crippen LogP contribution in [0.25, 0.3) is 11.3 Å². The molecule has 0 aliphatic carbocycles. The summed E-state index contributed by atoms with van der Waals surface area (Å²) in [4.78, 5) is -1.12. The second-order valence-electron chi connectivity index (χ2n) is 4.61. The molecule has 0 spiro atoms. The number of benzene rings is 1. The second kappa shape index (κ2) is 6.64. The first-order valence-corrected chi connectivity index (χ1v) is 8.03. The molecule has 0 radical (unpaired) electrons. The van der Waals surface area contributed by atoms with Crippen LogP contribution in [-0.4, -0.2) is 19.9 Å². The molecule has 1 atom stereocenters. The Morgan fingerprint density at radius 1 is 1.23 bits per heavy atom. The van der Waals surface area contributed by atoms with Crippen LogP contribution in [0.3, 0.4) is 0 Å². The molecule has 0 bridgehead atoms. The summed E-state index contributed by atoms with van der Waals surface area (Å²) in [5.41, 5.74) is -4.58. The summed E-state index contributed by atoms with van der Waals surface area (Å²) >= 11 is 11.5. The molecule has 1 aromatic heterocycles. The van der Waals surface area contributed by atoms with E-state index < -0.39 is 65.6 Å². The van der Waals surface area contributed by atoms with E-state index in [-0.39, 0.29) is 0 Å². The number of alkyl halides is 6. The zero-order chi connectivity index (χ0) is 20.0. The standard InChI is InChI=1S/C12H4Cl2F6N4OS/c13-4-1-3(11(15,16)17)8(22)7(14)6(4)9-10(5(2-21)23-24-9)26(25)12(18,19)20/h1H,22H2,(H,23,24). The van der Waals surface area contributed by atoms with Gasteiger partial charge in [-0.05, 0) is 6.07 Å². The number of hydrogen-bond acceptors (Lipinski definition) is 4. The van der Waals surface area contributed by atoms with Gasteiger partial charge >= 0.3 is 11.7 Å². The minimum Gasteiger partial charge on any atom is -0.397 e. The van der Waals surface area contributed by atoms with Crippen LogP contribution in [0.5, 0.6) is 0 Å². The van der Waals surface area contributed by atoms with E-state index in [0.29, 0.717) is 6.07 Å². The average molecular weight is 437 g/mol. The van der Waals surface area contributed by atoms with Gasteiger partial charge in [0.2, 0.25) is 0 Å². The molecule has 140 valence electrons. The normalized spacial score (nSPS) is 13.5. The number of aromatic nitrogens is 2. The molecular formula is C12H4Cl2F6N4OS. The van der Waals surface area contributed by atoms with Gasteiger partial charge < -0.3 is 5.73 Å². The molecule has 0 aliphatic heterocycles. The van der Waals surface area contributed by atoms with Gasteiger partial charge in [0.1, 0.15) is 11.0 Å². The number of hydrogen-bond donors (Lipinski definition) is 2. The van der Waals surface area contributed by atoms with Gasteiger partial charge in [-0.15, -0.1) is 0 Å². The average Bonchev–Trinajstić information content (AvgIpc) is 2.91. The van der Waals surface area contributed by atoms with E-state index in [4.69, 9.17) is 34.2 Å². The van der Waals surface area contributed by atoms with Crippen LogP contribution in [0.4, 0.5) is 32.0 Å². The molecule has 0 fully saturated rings. The van der Waals surface area contributed by atoms with Crippen molar-refractivity contribution < 1.29 is 30.6 Å².